The minimum Gasteiger partial charge on any atom is -0.497 e. The van der Waals surface area contributed by atoms with E-state index in [2.05, 4.69) is 16.0 Å². The Morgan fingerprint density at radius 1 is 1.20 bits per heavy atom. The number of carbonyl (C=O) groups is 2. The van der Waals surface area contributed by atoms with Gasteiger partial charge in [-0.25, -0.2) is 0 Å². The number of hydrogen-bond acceptors (Lipinski definition) is 5. The van der Waals surface area contributed by atoms with Crippen molar-refractivity contribution in [3.8, 4) is 11.5 Å². The van der Waals surface area contributed by atoms with Crippen molar-refractivity contribution >= 4 is 17.5 Å². The molecule has 2 amide bonds. The molecule has 0 spiro atoms. The average Bonchev–Trinajstić information content (AvgIpc) is 2.62. The van der Waals surface area contributed by atoms with Crippen LogP contribution in [0.5, 0.6) is 11.5 Å². The van der Waals surface area contributed by atoms with E-state index >= 15 is 0 Å². The van der Waals surface area contributed by atoms with Gasteiger partial charge in [0, 0.05) is 18.2 Å². The van der Waals surface area contributed by atoms with Crippen LogP contribution in [-0.2, 0) is 9.59 Å². The number of methoxy groups -OCH3 is 2. The molecule has 3 rings (SSSR count). The summed E-state index contributed by atoms with van der Waals surface area (Å²) < 4.78 is 10.4. The van der Waals surface area contributed by atoms with E-state index in [0.29, 0.717) is 17.2 Å². The Balaban J connectivity index is 1.61. The number of anilines is 1. The van der Waals surface area contributed by atoms with Crippen molar-refractivity contribution in [3.63, 3.8) is 0 Å². The van der Waals surface area contributed by atoms with E-state index in [9.17, 15) is 9.59 Å². The number of benzene rings is 1. The van der Waals surface area contributed by atoms with Crippen LogP contribution in [0.4, 0.5) is 5.69 Å². The molecule has 25 heavy (non-hydrogen) atoms. The first-order chi connectivity index (χ1) is 12.1. The van der Waals surface area contributed by atoms with Crippen molar-refractivity contribution in [1.29, 1.82) is 0 Å². The molecule has 1 aromatic rings. The lowest BCUT2D eigenvalue weighted by Gasteiger charge is -2.40. The van der Waals surface area contributed by atoms with Gasteiger partial charge in [0.05, 0.1) is 32.4 Å². The molecule has 3 atom stereocenters. The summed E-state index contributed by atoms with van der Waals surface area (Å²) in [5, 5.41) is 9.21. The molecule has 0 bridgehead atoms. The van der Waals surface area contributed by atoms with E-state index in [-0.39, 0.29) is 30.3 Å². The quantitative estimate of drug-likeness (QED) is 0.750. The van der Waals surface area contributed by atoms with E-state index in [1.807, 2.05) is 0 Å². The number of carbonyl (C=O) groups excluding carboxylic acids is 2. The molecule has 1 saturated heterocycles. The third-order valence-corrected chi connectivity index (χ3v) is 4.90. The highest BCUT2D eigenvalue weighted by Gasteiger charge is 2.37. The first-order valence-corrected chi connectivity index (χ1v) is 8.69. The zero-order chi connectivity index (χ0) is 17.8. The molecule has 0 aromatic heterocycles. The molecule has 1 saturated carbocycles. The first-order valence-electron chi connectivity index (χ1n) is 8.69. The Hall–Kier alpha value is -2.28. The third kappa shape index (κ3) is 4.04. The van der Waals surface area contributed by atoms with E-state index < -0.39 is 6.04 Å². The minimum absolute atomic E-state index is 0.0875. The van der Waals surface area contributed by atoms with Gasteiger partial charge in [0.15, 0.2) is 0 Å². The molecular weight excluding hydrogens is 322 g/mol. The van der Waals surface area contributed by atoms with Gasteiger partial charge in [-0.1, -0.05) is 12.8 Å². The van der Waals surface area contributed by atoms with Gasteiger partial charge in [-0.05, 0) is 25.0 Å². The van der Waals surface area contributed by atoms with Crippen LogP contribution in [0.25, 0.3) is 0 Å². The maximum absolute atomic E-state index is 12.4. The highest BCUT2D eigenvalue weighted by atomic mass is 16.5. The summed E-state index contributed by atoms with van der Waals surface area (Å²) in [6.07, 6.45) is 4.43. The van der Waals surface area contributed by atoms with Crippen LogP contribution < -0.4 is 25.4 Å². The van der Waals surface area contributed by atoms with Crippen molar-refractivity contribution in [3.05, 3.63) is 18.2 Å². The van der Waals surface area contributed by atoms with Gasteiger partial charge in [0.2, 0.25) is 11.8 Å². The summed E-state index contributed by atoms with van der Waals surface area (Å²) in [4.78, 5) is 24.6. The fourth-order valence-electron chi connectivity index (χ4n) is 3.56. The lowest BCUT2D eigenvalue weighted by Crippen LogP contribution is -2.65. The molecule has 1 aliphatic heterocycles. The summed E-state index contributed by atoms with van der Waals surface area (Å²) >= 11 is 0. The summed E-state index contributed by atoms with van der Waals surface area (Å²) in [7, 11) is 3.10. The number of piperazine rings is 1. The van der Waals surface area contributed by atoms with Crippen LogP contribution in [-0.4, -0.2) is 44.2 Å². The van der Waals surface area contributed by atoms with Gasteiger partial charge in [-0.2, -0.15) is 0 Å². The standard InChI is InChI=1S/C18H25N3O4/c1-24-11-7-8-14(16(9-11)25-2)20-17(22)10-15-18(23)21-13-6-4-3-5-12(13)19-15/h7-9,12-13,15,19H,3-6,10H2,1-2H3,(H,20,22)(H,21,23)/t12-,13+,15+/m0/s1. The topological polar surface area (TPSA) is 88.7 Å². The Labute approximate surface area is 147 Å². The van der Waals surface area contributed by atoms with Gasteiger partial charge in [0.1, 0.15) is 11.5 Å². The predicted octanol–water partition coefficient (Wildman–Crippen LogP) is 1.43. The number of rotatable bonds is 5. The van der Waals surface area contributed by atoms with Crippen LogP contribution in [0.2, 0.25) is 0 Å². The van der Waals surface area contributed by atoms with Crippen LogP contribution >= 0.6 is 0 Å². The third-order valence-electron chi connectivity index (χ3n) is 4.90. The van der Waals surface area contributed by atoms with Gasteiger partial charge in [0.25, 0.3) is 0 Å². The number of nitrogens with one attached hydrogen (secondary N) is 3. The Morgan fingerprint density at radius 2 is 1.96 bits per heavy atom. The van der Waals surface area contributed by atoms with E-state index in [4.69, 9.17) is 9.47 Å². The molecule has 136 valence electrons. The van der Waals surface area contributed by atoms with E-state index in [1.54, 1.807) is 25.3 Å². The molecule has 7 nitrogen and oxygen atoms in total. The molecule has 1 heterocycles. The molecule has 1 aliphatic carbocycles. The average molecular weight is 347 g/mol. The maximum Gasteiger partial charge on any atom is 0.237 e. The molecule has 2 fully saturated rings. The summed E-state index contributed by atoms with van der Waals surface area (Å²) in [6, 6.07) is 5.14. The largest absolute Gasteiger partial charge is 0.497 e. The zero-order valence-corrected chi connectivity index (χ0v) is 14.6. The molecular formula is C18H25N3O4. The van der Waals surface area contributed by atoms with E-state index in [1.165, 1.54) is 7.11 Å². The summed E-state index contributed by atoms with van der Waals surface area (Å²) in [6.45, 7) is 0. The van der Waals surface area contributed by atoms with Crippen LogP contribution in [0.3, 0.4) is 0 Å². The number of fused-ring (bicyclic) bond motifs is 1. The fourth-order valence-corrected chi connectivity index (χ4v) is 3.56. The molecule has 1 aromatic carbocycles. The number of hydrogen-bond donors (Lipinski definition) is 3. The van der Waals surface area contributed by atoms with Gasteiger partial charge < -0.3 is 25.4 Å². The number of amides is 2. The lowest BCUT2D eigenvalue weighted by molar-refractivity contribution is -0.129. The highest BCUT2D eigenvalue weighted by molar-refractivity contribution is 5.96. The van der Waals surface area contributed by atoms with Crippen molar-refractivity contribution in [2.75, 3.05) is 19.5 Å². The van der Waals surface area contributed by atoms with Crippen molar-refractivity contribution in [2.24, 2.45) is 0 Å². The van der Waals surface area contributed by atoms with Crippen molar-refractivity contribution < 1.29 is 19.1 Å². The predicted molar refractivity (Wildman–Crippen MR) is 93.9 cm³/mol. The minimum atomic E-state index is -0.497. The van der Waals surface area contributed by atoms with Crippen LogP contribution in [0.15, 0.2) is 18.2 Å². The van der Waals surface area contributed by atoms with Crippen LogP contribution in [0.1, 0.15) is 32.1 Å². The molecule has 2 aliphatic rings. The van der Waals surface area contributed by atoms with Crippen molar-refractivity contribution in [2.45, 2.75) is 50.2 Å². The fraction of sp³-hybridized carbons (Fsp3) is 0.556. The van der Waals surface area contributed by atoms with Gasteiger partial charge in [-0.15, -0.1) is 0 Å². The molecule has 7 heteroatoms. The monoisotopic (exact) mass is 347 g/mol. The zero-order valence-electron chi connectivity index (χ0n) is 14.6. The Bertz CT molecular complexity index is 649. The lowest BCUT2D eigenvalue weighted by atomic mass is 9.87. The maximum atomic E-state index is 12.4. The molecule has 3 N–H and O–H groups in total. The smallest absolute Gasteiger partial charge is 0.237 e. The normalized spacial score (nSPS) is 25.5. The van der Waals surface area contributed by atoms with Crippen LogP contribution in [0, 0.1) is 0 Å². The molecule has 0 unspecified atom stereocenters. The first kappa shape index (κ1) is 17.5. The highest BCUT2D eigenvalue weighted by Crippen LogP contribution is 2.29. The Kier molecular flexibility index (Phi) is 5.43. The van der Waals surface area contributed by atoms with Crippen molar-refractivity contribution in [1.82, 2.24) is 10.6 Å². The van der Waals surface area contributed by atoms with E-state index in [0.717, 1.165) is 25.7 Å². The summed E-state index contributed by atoms with van der Waals surface area (Å²) in [5.41, 5.74) is 0.556. The summed E-state index contributed by atoms with van der Waals surface area (Å²) in [5.74, 6) is 0.831. The molecule has 0 radical (unpaired) electrons. The van der Waals surface area contributed by atoms with Gasteiger partial charge in [-0.3, -0.25) is 9.59 Å². The second-order valence-electron chi connectivity index (χ2n) is 6.54. The number of ether oxygens (including phenoxy) is 2. The second kappa shape index (κ2) is 7.74. The van der Waals surface area contributed by atoms with Gasteiger partial charge >= 0.3 is 0 Å². The Morgan fingerprint density at radius 3 is 2.68 bits per heavy atom. The SMILES string of the molecule is COc1ccc(NC(=O)C[C@H]2N[C@H]3CCCC[C@H]3NC2=O)c(OC)c1. The second-order valence-corrected chi connectivity index (χ2v) is 6.54.